The lowest BCUT2D eigenvalue weighted by Crippen LogP contribution is -2.57. The summed E-state index contributed by atoms with van der Waals surface area (Å²) in [5.74, 6) is 0. The number of aryl methyl sites for hydroxylation is 1. The normalized spacial score (nSPS) is 18.4. The molecule has 0 bridgehead atoms. The van der Waals surface area contributed by atoms with Crippen LogP contribution in [0.1, 0.15) is 25.8 Å². The van der Waals surface area contributed by atoms with Crippen LogP contribution in [0.3, 0.4) is 0 Å². The Morgan fingerprint density at radius 2 is 2.17 bits per heavy atom. The maximum absolute atomic E-state index is 12.3. The molecule has 2 heterocycles. The van der Waals surface area contributed by atoms with Gasteiger partial charge in [-0.15, -0.1) is 0 Å². The van der Waals surface area contributed by atoms with E-state index in [1.54, 1.807) is 22.8 Å². The number of nitrogens with one attached hydrogen (secondary N) is 1. The first-order valence-electron chi connectivity index (χ1n) is 8.24. The highest BCUT2D eigenvalue weighted by molar-refractivity contribution is 5.73. The SMILES string of the molecule is CC[C@@](C)(CNC(=O)N(C)Cc1cnn(C)c1)N1CCOCC1. The molecule has 0 unspecified atom stereocenters. The minimum atomic E-state index is -0.0539. The summed E-state index contributed by atoms with van der Waals surface area (Å²) in [6, 6.07) is -0.0539. The third-order valence-electron chi connectivity index (χ3n) is 4.68. The quantitative estimate of drug-likeness (QED) is 0.850. The highest BCUT2D eigenvalue weighted by Gasteiger charge is 2.31. The van der Waals surface area contributed by atoms with Gasteiger partial charge in [0, 0.05) is 51.0 Å². The second-order valence-electron chi connectivity index (χ2n) is 6.49. The Labute approximate surface area is 138 Å². The Balaban J connectivity index is 1.85. The summed E-state index contributed by atoms with van der Waals surface area (Å²) in [4.78, 5) is 16.4. The Bertz CT molecular complexity index is 512. The van der Waals surface area contributed by atoms with Crippen LogP contribution in [0, 0.1) is 0 Å². The second-order valence-corrected chi connectivity index (χ2v) is 6.49. The molecule has 130 valence electrons. The number of nitrogens with zero attached hydrogens (tertiary/aromatic N) is 4. The third kappa shape index (κ3) is 4.68. The molecular formula is C16H29N5O2. The monoisotopic (exact) mass is 323 g/mol. The molecule has 23 heavy (non-hydrogen) atoms. The molecule has 1 aromatic heterocycles. The van der Waals surface area contributed by atoms with E-state index in [0.29, 0.717) is 13.1 Å². The van der Waals surface area contributed by atoms with Gasteiger partial charge in [-0.05, 0) is 13.3 Å². The van der Waals surface area contributed by atoms with Crippen molar-refractivity contribution >= 4 is 6.03 Å². The summed E-state index contributed by atoms with van der Waals surface area (Å²) in [7, 11) is 3.68. The van der Waals surface area contributed by atoms with Crippen molar-refractivity contribution < 1.29 is 9.53 Å². The minimum Gasteiger partial charge on any atom is -0.379 e. The van der Waals surface area contributed by atoms with E-state index < -0.39 is 0 Å². The number of carbonyl (C=O) groups excluding carboxylic acids is 1. The first-order valence-corrected chi connectivity index (χ1v) is 8.24. The van der Waals surface area contributed by atoms with E-state index in [1.807, 2.05) is 13.2 Å². The van der Waals surface area contributed by atoms with Crippen molar-refractivity contribution in [1.82, 2.24) is 24.9 Å². The van der Waals surface area contributed by atoms with Crippen LogP contribution in [-0.2, 0) is 18.3 Å². The molecule has 1 aromatic rings. The number of rotatable bonds is 6. The molecule has 1 N–H and O–H groups in total. The fourth-order valence-corrected chi connectivity index (χ4v) is 2.86. The van der Waals surface area contributed by atoms with Crippen molar-refractivity contribution in [3.05, 3.63) is 18.0 Å². The topological polar surface area (TPSA) is 62.6 Å². The van der Waals surface area contributed by atoms with Gasteiger partial charge in [0.15, 0.2) is 0 Å². The van der Waals surface area contributed by atoms with Gasteiger partial charge in [-0.1, -0.05) is 6.92 Å². The van der Waals surface area contributed by atoms with Gasteiger partial charge >= 0.3 is 6.03 Å². The average molecular weight is 323 g/mol. The van der Waals surface area contributed by atoms with Gasteiger partial charge in [-0.25, -0.2) is 4.79 Å². The number of hydrogen-bond acceptors (Lipinski definition) is 4. The smallest absolute Gasteiger partial charge is 0.317 e. The number of ether oxygens (including phenoxy) is 1. The van der Waals surface area contributed by atoms with Gasteiger partial charge in [0.05, 0.1) is 26.0 Å². The van der Waals surface area contributed by atoms with E-state index in [1.165, 1.54) is 0 Å². The number of urea groups is 1. The van der Waals surface area contributed by atoms with Crippen LogP contribution in [0.15, 0.2) is 12.4 Å². The molecule has 0 spiro atoms. The lowest BCUT2D eigenvalue weighted by atomic mass is 9.95. The van der Waals surface area contributed by atoms with Crippen molar-refractivity contribution in [3.8, 4) is 0 Å². The van der Waals surface area contributed by atoms with Crippen LogP contribution in [0.4, 0.5) is 4.79 Å². The zero-order valence-corrected chi connectivity index (χ0v) is 14.7. The Kier molecular flexibility index (Phi) is 6.01. The molecule has 1 aliphatic heterocycles. The molecule has 1 aliphatic rings. The van der Waals surface area contributed by atoms with Gasteiger partial charge in [0.25, 0.3) is 0 Å². The summed E-state index contributed by atoms with van der Waals surface area (Å²) in [6.07, 6.45) is 4.70. The van der Waals surface area contributed by atoms with Crippen LogP contribution in [0.25, 0.3) is 0 Å². The first kappa shape index (κ1) is 17.7. The Morgan fingerprint density at radius 3 is 2.74 bits per heavy atom. The van der Waals surface area contributed by atoms with E-state index >= 15 is 0 Å². The number of aromatic nitrogens is 2. The molecule has 7 nitrogen and oxygen atoms in total. The van der Waals surface area contributed by atoms with Gasteiger partial charge in [0.1, 0.15) is 0 Å². The maximum atomic E-state index is 12.3. The minimum absolute atomic E-state index is 0.0332. The molecule has 1 saturated heterocycles. The van der Waals surface area contributed by atoms with Gasteiger partial charge in [-0.3, -0.25) is 9.58 Å². The Morgan fingerprint density at radius 1 is 1.48 bits per heavy atom. The highest BCUT2D eigenvalue weighted by atomic mass is 16.5. The molecule has 1 fully saturated rings. The van der Waals surface area contributed by atoms with Crippen LogP contribution in [-0.4, -0.2) is 71.0 Å². The molecule has 2 amide bonds. The van der Waals surface area contributed by atoms with Crippen LogP contribution >= 0.6 is 0 Å². The summed E-state index contributed by atoms with van der Waals surface area (Å²) in [5, 5.41) is 7.20. The summed E-state index contributed by atoms with van der Waals surface area (Å²) in [5.41, 5.74) is 0.991. The van der Waals surface area contributed by atoms with Crippen molar-refractivity contribution in [3.63, 3.8) is 0 Å². The number of carbonyl (C=O) groups is 1. The summed E-state index contributed by atoms with van der Waals surface area (Å²) in [6.45, 7) is 8.95. The third-order valence-corrected chi connectivity index (χ3v) is 4.68. The maximum Gasteiger partial charge on any atom is 0.317 e. The van der Waals surface area contributed by atoms with E-state index in [0.717, 1.165) is 38.3 Å². The van der Waals surface area contributed by atoms with Crippen molar-refractivity contribution in [2.75, 3.05) is 39.9 Å². The molecule has 0 radical (unpaired) electrons. The highest BCUT2D eigenvalue weighted by Crippen LogP contribution is 2.20. The van der Waals surface area contributed by atoms with E-state index in [9.17, 15) is 4.79 Å². The van der Waals surface area contributed by atoms with E-state index in [4.69, 9.17) is 4.74 Å². The van der Waals surface area contributed by atoms with Gasteiger partial charge in [-0.2, -0.15) is 5.10 Å². The number of amides is 2. The lowest BCUT2D eigenvalue weighted by molar-refractivity contribution is -0.0167. The zero-order valence-electron chi connectivity index (χ0n) is 14.7. The van der Waals surface area contributed by atoms with E-state index in [2.05, 4.69) is 29.2 Å². The van der Waals surface area contributed by atoms with Crippen molar-refractivity contribution in [1.29, 1.82) is 0 Å². The first-order chi connectivity index (χ1) is 10.9. The van der Waals surface area contributed by atoms with E-state index in [-0.39, 0.29) is 11.6 Å². The molecule has 0 aromatic carbocycles. The molecule has 7 heteroatoms. The molecule has 0 aliphatic carbocycles. The molecule has 0 saturated carbocycles. The lowest BCUT2D eigenvalue weighted by Gasteiger charge is -2.43. The average Bonchev–Trinajstić information content (AvgIpc) is 2.98. The predicted octanol–water partition coefficient (Wildman–Crippen LogP) is 1.06. The molecular weight excluding hydrogens is 294 g/mol. The Hall–Kier alpha value is -1.60. The van der Waals surface area contributed by atoms with Crippen LogP contribution < -0.4 is 5.32 Å². The van der Waals surface area contributed by atoms with Crippen LogP contribution in [0.5, 0.6) is 0 Å². The summed E-state index contributed by atoms with van der Waals surface area (Å²) < 4.78 is 7.17. The molecule has 1 atom stereocenters. The van der Waals surface area contributed by atoms with Gasteiger partial charge in [0.2, 0.25) is 0 Å². The number of hydrogen-bond donors (Lipinski definition) is 1. The fraction of sp³-hybridized carbons (Fsp3) is 0.750. The van der Waals surface area contributed by atoms with Crippen molar-refractivity contribution in [2.45, 2.75) is 32.4 Å². The zero-order chi connectivity index (χ0) is 16.9. The molecule has 2 rings (SSSR count). The summed E-state index contributed by atoms with van der Waals surface area (Å²) >= 11 is 0. The number of morpholine rings is 1. The van der Waals surface area contributed by atoms with Crippen LogP contribution in [0.2, 0.25) is 0 Å². The largest absolute Gasteiger partial charge is 0.379 e. The standard InChI is InChI=1S/C16H29N5O2/c1-5-16(2,21-6-8-23-9-7-21)13-17-15(22)19(3)11-14-10-18-20(4)12-14/h10,12H,5-9,11,13H2,1-4H3,(H,17,22)/t16-/m0/s1. The second kappa shape index (κ2) is 7.79. The van der Waals surface area contributed by atoms with Gasteiger partial charge < -0.3 is 15.0 Å². The fourth-order valence-electron chi connectivity index (χ4n) is 2.86. The van der Waals surface area contributed by atoms with Crippen molar-refractivity contribution in [2.24, 2.45) is 7.05 Å². The predicted molar refractivity (Wildman–Crippen MR) is 89.2 cm³/mol.